The maximum absolute atomic E-state index is 11.7. The van der Waals surface area contributed by atoms with E-state index in [4.69, 9.17) is 4.74 Å². The summed E-state index contributed by atoms with van der Waals surface area (Å²) in [5.74, 6) is 0. The Morgan fingerprint density at radius 1 is 1.56 bits per heavy atom. The molecule has 1 amide bonds. The number of carbonyl (C=O) groups excluding carboxylic acids is 2. The predicted octanol–water partition coefficient (Wildman–Crippen LogP) is 2.22. The van der Waals surface area contributed by atoms with E-state index in [1.807, 2.05) is 6.92 Å². The number of carbonyl (C=O) groups is 2. The van der Waals surface area contributed by atoms with Crippen LogP contribution in [0.15, 0.2) is 0 Å². The Kier molecular flexibility index (Phi) is 4.77. The van der Waals surface area contributed by atoms with Crippen molar-refractivity contribution in [3.63, 3.8) is 0 Å². The van der Waals surface area contributed by atoms with Crippen molar-refractivity contribution in [2.45, 2.75) is 39.5 Å². The maximum Gasteiger partial charge on any atom is 0.409 e. The van der Waals surface area contributed by atoms with Crippen LogP contribution in [0, 0.1) is 5.41 Å². The highest BCUT2D eigenvalue weighted by Gasteiger charge is 2.33. The van der Waals surface area contributed by atoms with Gasteiger partial charge in [0.25, 0.3) is 0 Å². The molecule has 1 heterocycles. The zero-order chi connectivity index (χ0) is 12.0. The van der Waals surface area contributed by atoms with Gasteiger partial charge in [0.1, 0.15) is 6.29 Å². The van der Waals surface area contributed by atoms with E-state index in [2.05, 4.69) is 6.92 Å². The highest BCUT2D eigenvalue weighted by atomic mass is 16.6. The first-order valence-corrected chi connectivity index (χ1v) is 5.99. The highest BCUT2D eigenvalue weighted by Crippen LogP contribution is 2.27. The van der Waals surface area contributed by atoms with Gasteiger partial charge in [-0.25, -0.2) is 4.79 Å². The molecular weight excluding hydrogens is 206 g/mol. The van der Waals surface area contributed by atoms with Crippen LogP contribution in [0.3, 0.4) is 0 Å². The van der Waals surface area contributed by atoms with Gasteiger partial charge in [0, 0.05) is 18.5 Å². The maximum atomic E-state index is 11.7. The van der Waals surface area contributed by atoms with Gasteiger partial charge in [0.2, 0.25) is 0 Å². The summed E-state index contributed by atoms with van der Waals surface area (Å²) in [6, 6.07) is 0. The normalized spacial score (nSPS) is 25.2. The number of aldehydes is 1. The number of ether oxygens (including phenoxy) is 1. The third-order valence-electron chi connectivity index (χ3n) is 2.99. The number of hydrogen-bond acceptors (Lipinski definition) is 3. The van der Waals surface area contributed by atoms with Crippen LogP contribution in [-0.2, 0) is 9.53 Å². The summed E-state index contributed by atoms with van der Waals surface area (Å²) in [7, 11) is 0. The number of hydrogen-bond donors (Lipinski definition) is 0. The molecule has 16 heavy (non-hydrogen) atoms. The molecule has 0 bridgehead atoms. The minimum Gasteiger partial charge on any atom is -0.449 e. The van der Waals surface area contributed by atoms with Crippen LogP contribution in [0.25, 0.3) is 0 Å². The Morgan fingerprint density at radius 3 is 2.94 bits per heavy atom. The summed E-state index contributed by atoms with van der Waals surface area (Å²) in [6.45, 7) is 5.61. The number of amides is 1. The molecule has 0 aromatic rings. The second-order valence-corrected chi connectivity index (χ2v) is 4.76. The van der Waals surface area contributed by atoms with Crippen molar-refractivity contribution >= 4 is 12.4 Å². The summed E-state index contributed by atoms with van der Waals surface area (Å²) in [5, 5.41) is 0. The second kappa shape index (κ2) is 5.87. The number of unbranched alkanes of at least 4 members (excludes halogenated alkanes) is 1. The van der Waals surface area contributed by atoms with Crippen LogP contribution in [0.4, 0.5) is 4.79 Å². The molecule has 0 saturated carbocycles. The zero-order valence-corrected chi connectivity index (χ0v) is 10.2. The molecule has 1 fully saturated rings. The van der Waals surface area contributed by atoms with Crippen molar-refractivity contribution in [3.8, 4) is 0 Å². The number of likely N-dealkylation sites (tertiary alicyclic amines) is 1. The molecule has 0 spiro atoms. The van der Waals surface area contributed by atoms with Gasteiger partial charge in [-0.3, -0.25) is 0 Å². The number of nitrogens with zero attached hydrogens (tertiary/aromatic N) is 1. The van der Waals surface area contributed by atoms with Crippen LogP contribution in [0.2, 0.25) is 0 Å². The molecule has 4 heteroatoms. The van der Waals surface area contributed by atoms with Crippen molar-refractivity contribution in [1.82, 2.24) is 4.90 Å². The van der Waals surface area contributed by atoms with E-state index in [-0.39, 0.29) is 11.5 Å². The summed E-state index contributed by atoms with van der Waals surface area (Å²) >= 11 is 0. The SMILES string of the molecule is CCCCOC(=O)N1CCCC(C)(C=O)C1. The van der Waals surface area contributed by atoms with Crippen molar-refractivity contribution in [3.05, 3.63) is 0 Å². The van der Waals surface area contributed by atoms with Gasteiger partial charge in [0.05, 0.1) is 6.61 Å². The first-order chi connectivity index (χ1) is 7.61. The fourth-order valence-electron chi connectivity index (χ4n) is 1.92. The Morgan fingerprint density at radius 2 is 2.31 bits per heavy atom. The van der Waals surface area contributed by atoms with Crippen LogP contribution in [0.5, 0.6) is 0 Å². The Balaban J connectivity index is 2.41. The molecule has 1 unspecified atom stereocenters. The molecule has 0 radical (unpaired) electrons. The standard InChI is InChI=1S/C12H21NO3/c1-3-4-8-16-11(15)13-7-5-6-12(2,9-13)10-14/h10H,3-9H2,1-2H3. The van der Waals surface area contributed by atoms with Crippen molar-refractivity contribution in [2.24, 2.45) is 5.41 Å². The highest BCUT2D eigenvalue weighted by molar-refractivity contribution is 5.69. The first-order valence-electron chi connectivity index (χ1n) is 5.99. The molecule has 0 N–H and O–H groups in total. The average Bonchev–Trinajstić information content (AvgIpc) is 2.29. The summed E-state index contributed by atoms with van der Waals surface area (Å²) in [4.78, 5) is 24.2. The fraction of sp³-hybridized carbons (Fsp3) is 0.833. The minimum absolute atomic E-state index is 0.277. The van der Waals surface area contributed by atoms with E-state index >= 15 is 0 Å². The minimum atomic E-state index is -0.387. The molecule has 0 aliphatic carbocycles. The lowest BCUT2D eigenvalue weighted by Crippen LogP contribution is -2.45. The molecule has 4 nitrogen and oxygen atoms in total. The van der Waals surface area contributed by atoms with Crippen LogP contribution in [-0.4, -0.2) is 37.0 Å². The molecule has 1 aliphatic heterocycles. The lowest BCUT2D eigenvalue weighted by molar-refractivity contribution is -0.117. The monoisotopic (exact) mass is 227 g/mol. The topological polar surface area (TPSA) is 46.6 Å². The van der Waals surface area contributed by atoms with E-state index in [0.717, 1.165) is 32.0 Å². The average molecular weight is 227 g/mol. The van der Waals surface area contributed by atoms with E-state index in [9.17, 15) is 9.59 Å². The van der Waals surface area contributed by atoms with Gasteiger partial charge >= 0.3 is 6.09 Å². The van der Waals surface area contributed by atoms with Gasteiger partial charge in [-0.2, -0.15) is 0 Å². The van der Waals surface area contributed by atoms with E-state index in [0.29, 0.717) is 19.7 Å². The van der Waals surface area contributed by atoms with Gasteiger partial charge < -0.3 is 14.4 Å². The summed E-state index contributed by atoms with van der Waals surface area (Å²) in [5.41, 5.74) is -0.387. The van der Waals surface area contributed by atoms with Gasteiger partial charge in [0.15, 0.2) is 0 Å². The quantitative estimate of drug-likeness (QED) is 0.546. The Hall–Kier alpha value is -1.06. The molecule has 1 atom stereocenters. The molecule has 1 aliphatic rings. The van der Waals surface area contributed by atoms with Crippen molar-refractivity contribution < 1.29 is 14.3 Å². The summed E-state index contributed by atoms with van der Waals surface area (Å²) in [6.07, 6.45) is 4.32. The molecule has 0 aromatic heterocycles. The van der Waals surface area contributed by atoms with Crippen molar-refractivity contribution in [1.29, 1.82) is 0 Å². The van der Waals surface area contributed by atoms with Crippen LogP contribution < -0.4 is 0 Å². The Labute approximate surface area is 96.9 Å². The lowest BCUT2D eigenvalue weighted by Gasteiger charge is -2.36. The molecule has 92 valence electrons. The first kappa shape index (κ1) is 13.0. The second-order valence-electron chi connectivity index (χ2n) is 4.76. The van der Waals surface area contributed by atoms with Gasteiger partial charge in [-0.1, -0.05) is 20.3 Å². The van der Waals surface area contributed by atoms with Crippen LogP contribution in [0.1, 0.15) is 39.5 Å². The van der Waals surface area contributed by atoms with Crippen LogP contribution >= 0.6 is 0 Å². The number of rotatable bonds is 4. The largest absolute Gasteiger partial charge is 0.449 e. The Bertz CT molecular complexity index is 255. The van der Waals surface area contributed by atoms with Gasteiger partial charge in [-0.15, -0.1) is 0 Å². The van der Waals surface area contributed by atoms with Crippen molar-refractivity contribution in [2.75, 3.05) is 19.7 Å². The van der Waals surface area contributed by atoms with E-state index < -0.39 is 0 Å². The third kappa shape index (κ3) is 3.51. The predicted molar refractivity (Wildman–Crippen MR) is 61.2 cm³/mol. The smallest absolute Gasteiger partial charge is 0.409 e. The zero-order valence-electron chi connectivity index (χ0n) is 10.2. The molecule has 1 rings (SSSR count). The lowest BCUT2D eigenvalue weighted by atomic mass is 9.84. The van der Waals surface area contributed by atoms with E-state index in [1.165, 1.54) is 0 Å². The third-order valence-corrected chi connectivity index (χ3v) is 2.99. The molecule has 0 aromatic carbocycles. The summed E-state index contributed by atoms with van der Waals surface area (Å²) < 4.78 is 5.13. The molecular formula is C12H21NO3. The molecule has 1 saturated heterocycles. The van der Waals surface area contributed by atoms with E-state index in [1.54, 1.807) is 4.90 Å². The van der Waals surface area contributed by atoms with Gasteiger partial charge in [-0.05, 0) is 19.3 Å². The fourth-order valence-corrected chi connectivity index (χ4v) is 1.92. The number of piperidine rings is 1.